The van der Waals surface area contributed by atoms with Crippen molar-refractivity contribution in [3.05, 3.63) is 0 Å². The van der Waals surface area contributed by atoms with Crippen LogP contribution in [-0.4, -0.2) is 35.0 Å². The van der Waals surface area contributed by atoms with E-state index in [2.05, 4.69) is 10.6 Å². The molecule has 0 atom stereocenters. The van der Waals surface area contributed by atoms with Crippen LogP contribution in [0.25, 0.3) is 0 Å². The molecule has 0 aromatic carbocycles. The molecule has 0 spiro atoms. The highest BCUT2D eigenvalue weighted by atomic mass is 16.4. The van der Waals surface area contributed by atoms with Crippen molar-refractivity contribution in [2.45, 2.75) is 59.4 Å². The van der Waals surface area contributed by atoms with Gasteiger partial charge in [-0.3, -0.25) is 9.59 Å². The normalized spacial score (nSPS) is 11.8. The van der Waals surface area contributed by atoms with Gasteiger partial charge in [0.15, 0.2) is 0 Å². The molecule has 0 fully saturated rings. The molecule has 0 unspecified atom stereocenters. The zero-order chi connectivity index (χ0) is 16.0. The van der Waals surface area contributed by atoms with Crippen LogP contribution in [0.5, 0.6) is 0 Å². The van der Waals surface area contributed by atoms with E-state index in [1.165, 1.54) is 0 Å². The number of amides is 2. The molecule has 0 rings (SSSR count). The Morgan fingerprint density at radius 1 is 1.05 bits per heavy atom. The summed E-state index contributed by atoms with van der Waals surface area (Å²) in [7, 11) is 0. The summed E-state index contributed by atoms with van der Waals surface area (Å²) in [5.41, 5.74) is -1.72. The van der Waals surface area contributed by atoms with Gasteiger partial charge in [-0.1, -0.05) is 34.6 Å². The fourth-order valence-corrected chi connectivity index (χ4v) is 1.67. The van der Waals surface area contributed by atoms with Crippen LogP contribution in [0, 0.1) is 5.41 Å². The van der Waals surface area contributed by atoms with Crippen molar-refractivity contribution in [3.63, 3.8) is 0 Å². The van der Waals surface area contributed by atoms with Gasteiger partial charge in [-0.05, 0) is 12.8 Å². The predicted octanol–water partition coefficient (Wildman–Crippen LogP) is 1.30. The molecule has 0 aliphatic rings. The highest BCUT2D eigenvalue weighted by molar-refractivity contribution is 5.87. The number of carboxylic acids is 1. The summed E-state index contributed by atoms with van der Waals surface area (Å²) in [6.45, 7) is 8.99. The van der Waals surface area contributed by atoms with E-state index in [0.717, 1.165) is 0 Å². The van der Waals surface area contributed by atoms with Crippen LogP contribution in [0.15, 0.2) is 0 Å². The summed E-state index contributed by atoms with van der Waals surface area (Å²) in [4.78, 5) is 34.6. The Bertz CT molecular complexity index is 368. The van der Waals surface area contributed by atoms with Crippen LogP contribution in [0.1, 0.15) is 53.9 Å². The number of hydrogen-bond acceptors (Lipinski definition) is 3. The first-order chi connectivity index (χ1) is 9.09. The summed E-state index contributed by atoms with van der Waals surface area (Å²) < 4.78 is 0. The van der Waals surface area contributed by atoms with Gasteiger partial charge in [0.2, 0.25) is 11.8 Å². The second-order valence-electron chi connectivity index (χ2n) is 5.90. The van der Waals surface area contributed by atoms with Gasteiger partial charge in [0.25, 0.3) is 0 Å². The first-order valence-electron chi connectivity index (χ1n) is 6.91. The molecule has 0 saturated heterocycles. The highest BCUT2D eigenvalue weighted by Gasteiger charge is 2.36. The Morgan fingerprint density at radius 3 is 1.90 bits per heavy atom. The van der Waals surface area contributed by atoms with E-state index < -0.39 is 16.9 Å². The van der Waals surface area contributed by atoms with Crippen LogP contribution in [0.4, 0.5) is 0 Å². The lowest BCUT2D eigenvalue weighted by molar-refractivity contribution is -0.148. The standard InChI is InChI=1S/C14H26N2O4/c1-6-14(7-2,12(19)20)16-10(17)8-9-15-11(18)13(3,4)5/h6-9H2,1-5H3,(H,15,18)(H,16,17)(H,19,20). The number of nitrogens with one attached hydrogen (secondary N) is 2. The maximum Gasteiger partial charge on any atom is 0.329 e. The molecule has 0 heterocycles. The van der Waals surface area contributed by atoms with Crippen molar-refractivity contribution in [1.82, 2.24) is 10.6 Å². The van der Waals surface area contributed by atoms with Crippen molar-refractivity contribution in [3.8, 4) is 0 Å². The molecule has 20 heavy (non-hydrogen) atoms. The maximum atomic E-state index is 11.8. The van der Waals surface area contributed by atoms with E-state index in [9.17, 15) is 19.5 Å². The summed E-state index contributed by atoms with van der Waals surface area (Å²) >= 11 is 0. The van der Waals surface area contributed by atoms with Crippen LogP contribution >= 0.6 is 0 Å². The molecular formula is C14H26N2O4. The summed E-state index contributed by atoms with van der Waals surface area (Å²) in [5, 5.41) is 14.4. The zero-order valence-electron chi connectivity index (χ0n) is 13.0. The van der Waals surface area contributed by atoms with E-state index in [0.29, 0.717) is 12.8 Å². The molecule has 0 aliphatic heterocycles. The Kier molecular flexibility index (Phi) is 6.68. The van der Waals surface area contributed by atoms with Gasteiger partial charge >= 0.3 is 5.97 Å². The number of aliphatic carboxylic acids is 1. The van der Waals surface area contributed by atoms with Crippen LogP contribution in [0.2, 0.25) is 0 Å². The molecule has 0 radical (unpaired) electrons. The molecule has 6 heteroatoms. The summed E-state index contributed by atoms with van der Waals surface area (Å²) in [5.74, 6) is -1.54. The molecule has 3 N–H and O–H groups in total. The molecule has 6 nitrogen and oxygen atoms in total. The Balaban J connectivity index is 4.37. The Morgan fingerprint density at radius 2 is 1.55 bits per heavy atom. The van der Waals surface area contributed by atoms with Crippen molar-refractivity contribution in [2.24, 2.45) is 5.41 Å². The van der Waals surface area contributed by atoms with Gasteiger partial charge in [-0.25, -0.2) is 4.79 Å². The monoisotopic (exact) mass is 286 g/mol. The molecule has 0 aromatic heterocycles. The molecule has 0 aliphatic carbocycles. The second-order valence-corrected chi connectivity index (χ2v) is 5.90. The van der Waals surface area contributed by atoms with Gasteiger partial charge in [-0.2, -0.15) is 0 Å². The van der Waals surface area contributed by atoms with Gasteiger partial charge in [0, 0.05) is 18.4 Å². The van der Waals surface area contributed by atoms with Crippen LogP contribution in [0.3, 0.4) is 0 Å². The smallest absolute Gasteiger partial charge is 0.329 e. The van der Waals surface area contributed by atoms with E-state index in [1.54, 1.807) is 34.6 Å². The van der Waals surface area contributed by atoms with Crippen molar-refractivity contribution in [1.29, 1.82) is 0 Å². The third-order valence-electron chi connectivity index (χ3n) is 3.31. The fourth-order valence-electron chi connectivity index (χ4n) is 1.67. The molecule has 2 amide bonds. The zero-order valence-corrected chi connectivity index (χ0v) is 13.0. The average molecular weight is 286 g/mol. The van der Waals surface area contributed by atoms with E-state index in [4.69, 9.17) is 0 Å². The SMILES string of the molecule is CCC(CC)(NC(=O)CCNC(=O)C(C)(C)C)C(=O)O. The number of carboxylic acid groups (broad SMARTS) is 1. The third-order valence-corrected chi connectivity index (χ3v) is 3.31. The minimum Gasteiger partial charge on any atom is -0.480 e. The van der Waals surface area contributed by atoms with E-state index in [-0.39, 0.29) is 24.8 Å². The van der Waals surface area contributed by atoms with Crippen molar-refractivity contribution >= 4 is 17.8 Å². The minimum absolute atomic E-state index is 0.0663. The van der Waals surface area contributed by atoms with Crippen molar-refractivity contribution < 1.29 is 19.5 Å². The van der Waals surface area contributed by atoms with Crippen LogP contribution in [-0.2, 0) is 14.4 Å². The minimum atomic E-state index is -1.22. The quantitative estimate of drug-likeness (QED) is 0.657. The van der Waals surface area contributed by atoms with Gasteiger partial charge in [0.1, 0.15) is 5.54 Å². The molecule has 0 aromatic rings. The first kappa shape index (κ1) is 18.4. The number of carbonyl (C=O) groups is 3. The average Bonchev–Trinajstić information content (AvgIpc) is 2.34. The molecule has 0 saturated carbocycles. The van der Waals surface area contributed by atoms with Gasteiger partial charge < -0.3 is 15.7 Å². The van der Waals surface area contributed by atoms with Crippen molar-refractivity contribution in [2.75, 3.05) is 6.54 Å². The lowest BCUT2D eigenvalue weighted by atomic mass is 9.92. The highest BCUT2D eigenvalue weighted by Crippen LogP contribution is 2.15. The first-order valence-corrected chi connectivity index (χ1v) is 6.91. The van der Waals surface area contributed by atoms with Gasteiger partial charge in [0.05, 0.1) is 0 Å². The Labute approximate surface area is 120 Å². The molecule has 116 valence electrons. The molecule has 0 bridgehead atoms. The number of rotatable bonds is 7. The summed E-state index contributed by atoms with van der Waals surface area (Å²) in [6.07, 6.45) is 0.703. The van der Waals surface area contributed by atoms with Crippen LogP contribution < -0.4 is 10.6 Å². The number of hydrogen-bond donors (Lipinski definition) is 3. The van der Waals surface area contributed by atoms with E-state index >= 15 is 0 Å². The van der Waals surface area contributed by atoms with Gasteiger partial charge in [-0.15, -0.1) is 0 Å². The third kappa shape index (κ3) is 5.19. The second kappa shape index (κ2) is 7.26. The topological polar surface area (TPSA) is 95.5 Å². The van der Waals surface area contributed by atoms with E-state index in [1.807, 2.05) is 0 Å². The lowest BCUT2D eigenvalue weighted by Gasteiger charge is -2.28. The fraction of sp³-hybridized carbons (Fsp3) is 0.786. The summed E-state index contributed by atoms with van der Waals surface area (Å²) in [6, 6.07) is 0. The maximum absolute atomic E-state index is 11.8. The molecular weight excluding hydrogens is 260 g/mol. The Hall–Kier alpha value is -1.59. The largest absolute Gasteiger partial charge is 0.480 e. The lowest BCUT2D eigenvalue weighted by Crippen LogP contribution is -2.54. The number of carbonyl (C=O) groups excluding carboxylic acids is 2. The predicted molar refractivity (Wildman–Crippen MR) is 76.2 cm³/mol.